The molecule has 1 aromatic heterocycles. The number of carbonyl (C=O) groups excluding carboxylic acids is 1. The molecule has 0 aliphatic heterocycles. The Labute approximate surface area is 127 Å². The first-order valence-corrected chi connectivity index (χ1v) is 7.37. The number of halogens is 1. The number of urea groups is 1. The van der Waals surface area contributed by atoms with Crippen LogP contribution in [-0.2, 0) is 4.79 Å². The summed E-state index contributed by atoms with van der Waals surface area (Å²) < 4.78 is 1.83. The Hall–Kier alpha value is -1.67. The summed E-state index contributed by atoms with van der Waals surface area (Å²) in [6, 6.07) is 5.32. The van der Waals surface area contributed by atoms with Gasteiger partial charge < -0.3 is 10.0 Å². The predicted octanol–water partition coefficient (Wildman–Crippen LogP) is 3.00. The second-order valence-electron chi connectivity index (χ2n) is 4.10. The molecule has 0 aliphatic rings. The van der Waals surface area contributed by atoms with Crippen molar-refractivity contribution >= 4 is 54.6 Å². The van der Waals surface area contributed by atoms with Gasteiger partial charge in [0.05, 0.1) is 16.6 Å². The van der Waals surface area contributed by atoms with Crippen LogP contribution in [-0.4, -0.2) is 40.6 Å². The normalized spacial score (nSPS) is 10.5. The molecule has 2 N–H and O–H groups in total. The molecule has 6 nitrogen and oxygen atoms in total. The molecular weight excluding hydrogens is 346 g/mol. The van der Waals surface area contributed by atoms with Crippen LogP contribution in [0.5, 0.6) is 0 Å². The maximum Gasteiger partial charge on any atom is 0.323 e. The summed E-state index contributed by atoms with van der Waals surface area (Å²) in [5.41, 5.74) is 0.793. The molecule has 0 bridgehead atoms. The second kappa shape index (κ2) is 6.19. The minimum Gasteiger partial charge on any atom is -0.481 e. The van der Waals surface area contributed by atoms with E-state index in [-0.39, 0.29) is 19.0 Å². The summed E-state index contributed by atoms with van der Waals surface area (Å²) >= 11 is 4.77. The number of carboxylic acid groups (broad SMARTS) is 1. The topological polar surface area (TPSA) is 82.5 Å². The molecule has 2 amide bonds. The first-order valence-electron chi connectivity index (χ1n) is 5.76. The summed E-state index contributed by atoms with van der Waals surface area (Å²) in [5.74, 6) is -0.937. The molecule has 2 aromatic rings. The number of aromatic nitrogens is 1. The Bertz CT molecular complexity index is 658. The zero-order valence-corrected chi connectivity index (χ0v) is 13.0. The SMILES string of the molecule is CN(CCC(=O)O)C(=O)Nc1nc2c(Br)cccc2s1. The number of carboxylic acids is 1. The lowest BCUT2D eigenvalue weighted by atomic mass is 10.3. The van der Waals surface area contributed by atoms with Gasteiger partial charge in [-0.1, -0.05) is 17.4 Å². The number of hydrogen-bond donors (Lipinski definition) is 2. The van der Waals surface area contributed by atoms with Crippen molar-refractivity contribution < 1.29 is 14.7 Å². The number of rotatable bonds is 4. The highest BCUT2D eigenvalue weighted by atomic mass is 79.9. The number of amides is 2. The highest BCUT2D eigenvalue weighted by Crippen LogP contribution is 2.30. The monoisotopic (exact) mass is 357 g/mol. The Morgan fingerprint density at radius 1 is 1.50 bits per heavy atom. The van der Waals surface area contributed by atoms with Crippen LogP contribution in [0.3, 0.4) is 0 Å². The number of anilines is 1. The molecule has 20 heavy (non-hydrogen) atoms. The Morgan fingerprint density at radius 2 is 2.25 bits per heavy atom. The highest BCUT2D eigenvalue weighted by Gasteiger charge is 2.13. The lowest BCUT2D eigenvalue weighted by molar-refractivity contribution is -0.137. The largest absolute Gasteiger partial charge is 0.481 e. The molecule has 0 atom stereocenters. The van der Waals surface area contributed by atoms with Gasteiger partial charge in [-0.15, -0.1) is 0 Å². The van der Waals surface area contributed by atoms with Crippen LogP contribution in [0.2, 0.25) is 0 Å². The van der Waals surface area contributed by atoms with E-state index in [9.17, 15) is 9.59 Å². The molecule has 106 valence electrons. The third kappa shape index (κ3) is 3.45. The van der Waals surface area contributed by atoms with Crippen molar-refractivity contribution in [3.63, 3.8) is 0 Å². The number of para-hydroxylation sites is 1. The summed E-state index contributed by atoms with van der Waals surface area (Å²) in [5, 5.41) is 11.7. The van der Waals surface area contributed by atoms with E-state index in [0.717, 1.165) is 14.7 Å². The summed E-state index contributed by atoms with van der Waals surface area (Å²) in [6.07, 6.45) is -0.0880. The van der Waals surface area contributed by atoms with Gasteiger partial charge in [0.15, 0.2) is 5.13 Å². The van der Waals surface area contributed by atoms with Crippen molar-refractivity contribution in [3.8, 4) is 0 Å². The fourth-order valence-corrected chi connectivity index (χ4v) is 2.99. The van der Waals surface area contributed by atoms with Crippen LogP contribution in [0.4, 0.5) is 9.93 Å². The lowest BCUT2D eigenvalue weighted by Crippen LogP contribution is -2.33. The van der Waals surface area contributed by atoms with Crippen molar-refractivity contribution in [3.05, 3.63) is 22.7 Å². The molecule has 1 heterocycles. The van der Waals surface area contributed by atoms with Gasteiger partial charge in [0.1, 0.15) is 0 Å². The van der Waals surface area contributed by atoms with Crippen LogP contribution in [0.25, 0.3) is 10.2 Å². The molecule has 0 aliphatic carbocycles. The molecule has 0 unspecified atom stereocenters. The number of hydrogen-bond acceptors (Lipinski definition) is 4. The van der Waals surface area contributed by atoms with E-state index in [1.807, 2.05) is 18.2 Å². The zero-order valence-electron chi connectivity index (χ0n) is 10.6. The molecule has 0 saturated carbocycles. The smallest absolute Gasteiger partial charge is 0.323 e. The van der Waals surface area contributed by atoms with Gasteiger partial charge in [0.2, 0.25) is 0 Å². The number of nitrogens with one attached hydrogen (secondary N) is 1. The Kier molecular flexibility index (Phi) is 4.56. The van der Waals surface area contributed by atoms with Gasteiger partial charge in [0.25, 0.3) is 0 Å². The second-order valence-corrected chi connectivity index (χ2v) is 5.99. The Morgan fingerprint density at radius 3 is 2.90 bits per heavy atom. The quantitative estimate of drug-likeness (QED) is 0.880. The number of carbonyl (C=O) groups is 2. The van der Waals surface area contributed by atoms with Crippen LogP contribution in [0.15, 0.2) is 22.7 Å². The molecule has 0 radical (unpaired) electrons. The van der Waals surface area contributed by atoms with E-state index < -0.39 is 5.97 Å². The predicted molar refractivity (Wildman–Crippen MR) is 81.2 cm³/mol. The van der Waals surface area contributed by atoms with Crippen LogP contribution < -0.4 is 5.32 Å². The van der Waals surface area contributed by atoms with Crippen molar-refractivity contribution in [2.75, 3.05) is 18.9 Å². The summed E-state index contributed by atoms with van der Waals surface area (Å²) in [6.45, 7) is 0.149. The highest BCUT2D eigenvalue weighted by molar-refractivity contribution is 9.10. The average Bonchev–Trinajstić information content (AvgIpc) is 2.79. The van der Waals surface area contributed by atoms with Gasteiger partial charge in [0, 0.05) is 18.1 Å². The van der Waals surface area contributed by atoms with Gasteiger partial charge in [-0.25, -0.2) is 9.78 Å². The van der Waals surface area contributed by atoms with Crippen LogP contribution in [0.1, 0.15) is 6.42 Å². The minimum atomic E-state index is -0.937. The minimum absolute atomic E-state index is 0.0880. The van der Waals surface area contributed by atoms with Gasteiger partial charge >= 0.3 is 12.0 Å². The van der Waals surface area contributed by atoms with Crippen molar-refractivity contribution in [1.82, 2.24) is 9.88 Å². The first-order chi connectivity index (χ1) is 9.47. The molecule has 2 rings (SSSR count). The van der Waals surface area contributed by atoms with E-state index in [1.54, 1.807) is 7.05 Å². The van der Waals surface area contributed by atoms with Crippen molar-refractivity contribution in [2.45, 2.75) is 6.42 Å². The summed E-state index contributed by atoms with van der Waals surface area (Å²) in [7, 11) is 1.54. The number of aliphatic carboxylic acids is 1. The van der Waals surface area contributed by atoms with E-state index >= 15 is 0 Å². The van der Waals surface area contributed by atoms with E-state index in [1.165, 1.54) is 16.2 Å². The molecule has 8 heteroatoms. The number of benzene rings is 1. The number of nitrogens with zero attached hydrogens (tertiary/aromatic N) is 2. The van der Waals surface area contributed by atoms with Gasteiger partial charge in [-0.05, 0) is 28.1 Å². The third-order valence-corrected chi connectivity index (χ3v) is 4.17. The zero-order chi connectivity index (χ0) is 14.7. The molecule has 0 fully saturated rings. The van der Waals surface area contributed by atoms with Crippen LogP contribution in [0, 0.1) is 0 Å². The first kappa shape index (κ1) is 14.7. The number of fused-ring (bicyclic) bond motifs is 1. The average molecular weight is 358 g/mol. The number of thiazole rings is 1. The molecule has 0 spiro atoms. The molecule has 1 aromatic carbocycles. The maximum absolute atomic E-state index is 11.9. The standard InChI is InChI=1S/C12H12BrN3O3S/c1-16(6-5-9(17)18)12(19)15-11-14-10-7(13)3-2-4-8(10)20-11/h2-4H,5-6H2,1H3,(H,17,18)(H,14,15,19). The third-order valence-electron chi connectivity index (χ3n) is 2.59. The van der Waals surface area contributed by atoms with E-state index in [2.05, 4.69) is 26.2 Å². The maximum atomic E-state index is 11.9. The summed E-state index contributed by atoms with van der Waals surface area (Å²) in [4.78, 5) is 28.0. The fourth-order valence-electron chi connectivity index (χ4n) is 1.52. The van der Waals surface area contributed by atoms with E-state index in [4.69, 9.17) is 5.11 Å². The van der Waals surface area contributed by atoms with Gasteiger partial charge in [-0.3, -0.25) is 10.1 Å². The van der Waals surface area contributed by atoms with E-state index in [0.29, 0.717) is 5.13 Å². The Balaban J connectivity index is 2.06. The lowest BCUT2D eigenvalue weighted by Gasteiger charge is -2.15. The molecular formula is C12H12BrN3O3S. The molecule has 0 saturated heterocycles. The van der Waals surface area contributed by atoms with Gasteiger partial charge in [-0.2, -0.15) is 0 Å². The van der Waals surface area contributed by atoms with Crippen molar-refractivity contribution in [2.24, 2.45) is 0 Å². The fraction of sp³-hybridized carbons (Fsp3) is 0.250. The van der Waals surface area contributed by atoms with Crippen molar-refractivity contribution in [1.29, 1.82) is 0 Å². The van der Waals surface area contributed by atoms with Crippen LogP contribution >= 0.6 is 27.3 Å².